The van der Waals surface area contributed by atoms with E-state index >= 15 is 0 Å². The van der Waals surface area contributed by atoms with E-state index in [9.17, 15) is 0 Å². The minimum atomic E-state index is 0.921. The van der Waals surface area contributed by atoms with Crippen molar-refractivity contribution < 1.29 is 4.74 Å². The molecule has 13 heavy (non-hydrogen) atoms. The molecule has 0 fully saturated rings. The van der Waals surface area contributed by atoms with Crippen molar-refractivity contribution in [2.45, 2.75) is 39.0 Å². The van der Waals surface area contributed by atoms with Gasteiger partial charge in [0.1, 0.15) is 0 Å². The highest BCUT2D eigenvalue weighted by molar-refractivity contribution is 4.43. The first-order valence-corrected chi connectivity index (χ1v) is 5.50. The van der Waals surface area contributed by atoms with Crippen LogP contribution < -0.4 is 0 Å². The van der Waals surface area contributed by atoms with E-state index in [1.807, 2.05) is 0 Å². The van der Waals surface area contributed by atoms with E-state index in [-0.39, 0.29) is 0 Å². The third-order valence-corrected chi connectivity index (χ3v) is 2.04. The highest BCUT2D eigenvalue weighted by Gasteiger charge is 1.91. The van der Waals surface area contributed by atoms with Crippen LogP contribution in [0, 0.1) is 0 Å². The molecule has 0 unspecified atom stereocenters. The van der Waals surface area contributed by atoms with E-state index in [2.05, 4.69) is 25.9 Å². The Morgan fingerprint density at radius 3 is 2.23 bits per heavy atom. The second-order valence-corrected chi connectivity index (χ2v) is 3.83. The topological polar surface area (TPSA) is 12.5 Å². The van der Waals surface area contributed by atoms with Crippen molar-refractivity contribution >= 4 is 0 Å². The van der Waals surface area contributed by atoms with Gasteiger partial charge < -0.3 is 9.64 Å². The molecule has 0 aromatic heterocycles. The molecule has 0 atom stereocenters. The van der Waals surface area contributed by atoms with Gasteiger partial charge in [-0.15, -0.1) is 0 Å². The first kappa shape index (κ1) is 12.9. The molecule has 0 aliphatic carbocycles. The summed E-state index contributed by atoms with van der Waals surface area (Å²) >= 11 is 0. The summed E-state index contributed by atoms with van der Waals surface area (Å²) < 4.78 is 5.50. The predicted octanol–water partition coefficient (Wildman–Crippen LogP) is 2.54. The molecule has 0 spiro atoms. The SMILES string of the molecule is CCCCCCOCCCN(C)C. The zero-order valence-corrected chi connectivity index (χ0v) is 9.51. The van der Waals surface area contributed by atoms with Crippen molar-refractivity contribution in [1.82, 2.24) is 4.90 Å². The molecule has 0 aliphatic heterocycles. The predicted molar refractivity (Wildman–Crippen MR) is 58.1 cm³/mol. The van der Waals surface area contributed by atoms with Crippen LogP contribution in [0.15, 0.2) is 0 Å². The lowest BCUT2D eigenvalue weighted by molar-refractivity contribution is 0.122. The van der Waals surface area contributed by atoms with Crippen molar-refractivity contribution in [2.24, 2.45) is 0 Å². The minimum Gasteiger partial charge on any atom is -0.381 e. The van der Waals surface area contributed by atoms with Gasteiger partial charge in [-0.2, -0.15) is 0 Å². The Labute approximate surface area is 83.3 Å². The van der Waals surface area contributed by atoms with Crippen LogP contribution in [-0.2, 0) is 4.74 Å². The molecule has 0 bridgehead atoms. The molecule has 0 rings (SSSR count). The summed E-state index contributed by atoms with van der Waals surface area (Å²) in [5.74, 6) is 0. The summed E-state index contributed by atoms with van der Waals surface area (Å²) in [6, 6.07) is 0. The number of nitrogens with zero attached hydrogens (tertiary/aromatic N) is 1. The maximum Gasteiger partial charge on any atom is 0.0478 e. The lowest BCUT2D eigenvalue weighted by Gasteiger charge is -2.09. The summed E-state index contributed by atoms with van der Waals surface area (Å²) in [5, 5.41) is 0. The highest BCUT2D eigenvalue weighted by atomic mass is 16.5. The number of rotatable bonds is 9. The van der Waals surface area contributed by atoms with Gasteiger partial charge in [0.25, 0.3) is 0 Å². The first-order chi connectivity index (χ1) is 6.27. The Hall–Kier alpha value is -0.0800. The molecule has 80 valence electrons. The van der Waals surface area contributed by atoms with Crippen LogP contribution in [0.2, 0.25) is 0 Å². The standard InChI is InChI=1S/C11H25NO/c1-4-5-6-7-10-13-11-8-9-12(2)3/h4-11H2,1-3H3. The molecule has 0 saturated heterocycles. The van der Waals surface area contributed by atoms with E-state index < -0.39 is 0 Å². The molecular weight excluding hydrogens is 162 g/mol. The zero-order chi connectivity index (χ0) is 9.94. The van der Waals surface area contributed by atoms with Crippen LogP contribution in [0.5, 0.6) is 0 Å². The first-order valence-electron chi connectivity index (χ1n) is 5.50. The van der Waals surface area contributed by atoms with E-state index in [4.69, 9.17) is 4.74 Å². The summed E-state index contributed by atoms with van der Waals surface area (Å²) in [6.45, 7) is 5.24. The second kappa shape index (κ2) is 10.0. The fourth-order valence-electron chi connectivity index (χ4n) is 1.22. The Balaban J connectivity index is 2.84. The van der Waals surface area contributed by atoms with Gasteiger partial charge in [-0.1, -0.05) is 26.2 Å². The van der Waals surface area contributed by atoms with Crippen molar-refractivity contribution in [3.05, 3.63) is 0 Å². The molecule has 0 saturated carbocycles. The Kier molecular flexibility index (Phi) is 9.94. The molecule has 0 aliphatic rings. The summed E-state index contributed by atoms with van der Waals surface area (Å²) in [7, 11) is 4.20. The van der Waals surface area contributed by atoms with Crippen LogP contribution in [0.3, 0.4) is 0 Å². The lowest BCUT2D eigenvalue weighted by Crippen LogP contribution is -2.14. The van der Waals surface area contributed by atoms with Gasteiger partial charge in [-0.05, 0) is 33.5 Å². The molecular formula is C11H25NO. The smallest absolute Gasteiger partial charge is 0.0478 e. The van der Waals surface area contributed by atoms with Gasteiger partial charge in [-0.25, -0.2) is 0 Å². The summed E-state index contributed by atoms with van der Waals surface area (Å²) in [6.07, 6.45) is 6.36. The number of ether oxygens (including phenoxy) is 1. The molecule has 0 aromatic rings. The normalized spacial score (nSPS) is 11.1. The molecule has 2 nitrogen and oxygen atoms in total. The van der Waals surface area contributed by atoms with Crippen molar-refractivity contribution in [1.29, 1.82) is 0 Å². The number of hydrogen-bond donors (Lipinski definition) is 0. The third-order valence-electron chi connectivity index (χ3n) is 2.04. The lowest BCUT2D eigenvalue weighted by atomic mass is 10.2. The zero-order valence-electron chi connectivity index (χ0n) is 9.51. The van der Waals surface area contributed by atoms with Gasteiger partial charge in [0.15, 0.2) is 0 Å². The fourth-order valence-corrected chi connectivity index (χ4v) is 1.22. The van der Waals surface area contributed by atoms with Crippen LogP contribution in [0.25, 0.3) is 0 Å². The molecule has 0 N–H and O–H groups in total. The quantitative estimate of drug-likeness (QED) is 0.514. The van der Waals surface area contributed by atoms with E-state index in [0.717, 1.165) is 26.2 Å². The van der Waals surface area contributed by atoms with Gasteiger partial charge in [0, 0.05) is 13.2 Å². The minimum absolute atomic E-state index is 0.921. The van der Waals surface area contributed by atoms with Crippen molar-refractivity contribution in [2.75, 3.05) is 33.9 Å². The maximum atomic E-state index is 5.50. The van der Waals surface area contributed by atoms with Gasteiger partial charge in [0.2, 0.25) is 0 Å². The van der Waals surface area contributed by atoms with E-state index in [0.29, 0.717) is 0 Å². The largest absolute Gasteiger partial charge is 0.381 e. The van der Waals surface area contributed by atoms with E-state index in [1.165, 1.54) is 25.7 Å². The average Bonchev–Trinajstić information content (AvgIpc) is 2.09. The Morgan fingerprint density at radius 1 is 0.923 bits per heavy atom. The molecule has 2 heteroatoms. The average molecular weight is 187 g/mol. The molecule has 0 aromatic carbocycles. The Morgan fingerprint density at radius 2 is 1.62 bits per heavy atom. The highest BCUT2D eigenvalue weighted by Crippen LogP contribution is 1.99. The van der Waals surface area contributed by atoms with Gasteiger partial charge >= 0.3 is 0 Å². The van der Waals surface area contributed by atoms with Crippen LogP contribution in [0.1, 0.15) is 39.0 Å². The number of unbranched alkanes of at least 4 members (excludes halogenated alkanes) is 3. The monoisotopic (exact) mass is 187 g/mol. The molecule has 0 amide bonds. The summed E-state index contributed by atoms with van der Waals surface area (Å²) in [4.78, 5) is 2.19. The van der Waals surface area contributed by atoms with Crippen LogP contribution in [-0.4, -0.2) is 38.8 Å². The summed E-state index contributed by atoms with van der Waals surface area (Å²) in [5.41, 5.74) is 0. The molecule has 0 heterocycles. The van der Waals surface area contributed by atoms with E-state index in [1.54, 1.807) is 0 Å². The maximum absolute atomic E-state index is 5.50. The molecule has 0 radical (unpaired) electrons. The second-order valence-electron chi connectivity index (χ2n) is 3.83. The fraction of sp³-hybridized carbons (Fsp3) is 1.00. The van der Waals surface area contributed by atoms with Crippen LogP contribution in [0.4, 0.5) is 0 Å². The number of hydrogen-bond acceptors (Lipinski definition) is 2. The Bertz CT molecular complexity index is 94.1. The van der Waals surface area contributed by atoms with Gasteiger partial charge in [-0.3, -0.25) is 0 Å². The van der Waals surface area contributed by atoms with Crippen molar-refractivity contribution in [3.8, 4) is 0 Å². The van der Waals surface area contributed by atoms with Crippen LogP contribution >= 0.6 is 0 Å². The van der Waals surface area contributed by atoms with Gasteiger partial charge in [0.05, 0.1) is 0 Å². The van der Waals surface area contributed by atoms with Crippen molar-refractivity contribution in [3.63, 3.8) is 0 Å². The third kappa shape index (κ3) is 11.9.